The third-order valence-electron chi connectivity index (χ3n) is 3.18. The van der Waals surface area contributed by atoms with Crippen molar-refractivity contribution in [2.45, 2.75) is 13.5 Å². The maximum atomic E-state index is 5.79. The molecule has 0 aliphatic rings. The molecule has 0 atom stereocenters. The molecule has 0 spiro atoms. The van der Waals surface area contributed by atoms with Gasteiger partial charge in [-0.15, -0.1) is 0 Å². The molecule has 2 aromatic rings. The Labute approximate surface area is 114 Å². The van der Waals surface area contributed by atoms with E-state index in [1.807, 2.05) is 25.1 Å². The number of hydrogen-bond acceptors (Lipinski definition) is 3. The van der Waals surface area contributed by atoms with Crippen molar-refractivity contribution in [2.75, 3.05) is 14.2 Å². The van der Waals surface area contributed by atoms with Crippen LogP contribution in [-0.4, -0.2) is 14.2 Å². The molecule has 3 nitrogen and oxygen atoms in total. The summed E-state index contributed by atoms with van der Waals surface area (Å²) in [7, 11) is 3.34. The van der Waals surface area contributed by atoms with Crippen molar-refractivity contribution in [3.63, 3.8) is 0 Å². The molecular weight excluding hydrogens is 238 g/mol. The minimum Gasteiger partial charge on any atom is -0.497 e. The van der Waals surface area contributed by atoms with Crippen LogP contribution >= 0.6 is 0 Å². The van der Waals surface area contributed by atoms with Gasteiger partial charge in [0.2, 0.25) is 0 Å². The van der Waals surface area contributed by atoms with E-state index in [0.717, 1.165) is 33.8 Å². The molecule has 0 amide bonds. The first kappa shape index (κ1) is 13.4. The minimum atomic E-state index is 0.460. The van der Waals surface area contributed by atoms with E-state index in [-0.39, 0.29) is 0 Å². The van der Waals surface area contributed by atoms with Gasteiger partial charge in [0.05, 0.1) is 14.2 Å². The summed E-state index contributed by atoms with van der Waals surface area (Å²) >= 11 is 0. The molecular formula is C16H19NO2. The van der Waals surface area contributed by atoms with E-state index in [0.29, 0.717) is 6.54 Å². The number of aryl methyl sites for hydroxylation is 1. The fourth-order valence-electron chi connectivity index (χ4n) is 2.26. The Morgan fingerprint density at radius 1 is 1.00 bits per heavy atom. The average Bonchev–Trinajstić information content (AvgIpc) is 2.46. The molecule has 0 heterocycles. The largest absolute Gasteiger partial charge is 0.497 e. The summed E-state index contributed by atoms with van der Waals surface area (Å²) in [6.45, 7) is 2.49. The molecule has 2 rings (SSSR count). The summed E-state index contributed by atoms with van der Waals surface area (Å²) in [5.74, 6) is 1.72. The zero-order valence-electron chi connectivity index (χ0n) is 11.6. The Kier molecular flexibility index (Phi) is 4.07. The highest BCUT2D eigenvalue weighted by Gasteiger charge is 2.09. The summed E-state index contributed by atoms with van der Waals surface area (Å²) < 4.78 is 10.7. The van der Waals surface area contributed by atoms with Gasteiger partial charge in [-0.3, -0.25) is 0 Å². The van der Waals surface area contributed by atoms with Crippen molar-refractivity contribution in [2.24, 2.45) is 5.73 Å². The summed E-state index contributed by atoms with van der Waals surface area (Å²) in [6.07, 6.45) is 0. The smallest absolute Gasteiger partial charge is 0.126 e. The highest BCUT2D eigenvalue weighted by atomic mass is 16.5. The number of ether oxygens (including phenoxy) is 2. The molecule has 0 radical (unpaired) electrons. The van der Waals surface area contributed by atoms with Gasteiger partial charge < -0.3 is 15.2 Å². The highest BCUT2D eigenvalue weighted by molar-refractivity contribution is 5.68. The van der Waals surface area contributed by atoms with Crippen LogP contribution in [0.15, 0.2) is 36.4 Å². The summed E-state index contributed by atoms with van der Waals surface area (Å²) in [5.41, 5.74) is 10.1. The van der Waals surface area contributed by atoms with Gasteiger partial charge in [-0.1, -0.05) is 12.1 Å². The number of hydrogen-bond donors (Lipinski definition) is 1. The van der Waals surface area contributed by atoms with Gasteiger partial charge in [0.15, 0.2) is 0 Å². The van der Waals surface area contributed by atoms with Crippen LogP contribution in [-0.2, 0) is 6.54 Å². The van der Waals surface area contributed by atoms with E-state index in [2.05, 4.69) is 18.2 Å². The maximum absolute atomic E-state index is 5.79. The van der Waals surface area contributed by atoms with Crippen LogP contribution in [0.25, 0.3) is 11.1 Å². The van der Waals surface area contributed by atoms with Gasteiger partial charge in [-0.05, 0) is 47.9 Å². The molecule has 2 aromatic carbocycles. The molecule has 0 saturated heterocycles. The third-order valence-corrected chi connectivity index (χ3v) is 3.18. The van der Waals surface area contributed by atoms with E-state index >= 15 is 0 Å². The van der Waals surface area contributed by atoms with E-state index in [1.54, 1.807) is 14.2 Å². The van der Waals surface area contributed by atoms with Crippen LogP contribution in [0.1, 0.15) is 11.1 Å². The lowest BCUT2D eigenvalue weighted by Gasteiger charge is -2.13. The topological polar surface area (TPSA) is 44.5 Å². The van der Waals surface area contributed by atoms with Gasteiger partial charge >= 0.3 is 0 Å². The zero-order valence-corrected chi connectivity index (χ0v) is 11.6. The lowest BCUT2D eigenvalue weighted by Crippen LogP contribution is -2.02. The molecule has 19 heavy (non-hydrogen) atoms. The lowest BCUT2D eigenvalue weighted by molar-refractivity contribution is 0.407. The van der Waals surface area contributed by atoms with Crippen LogP contribution in [0.5, 0.6) is 11.5 Å². The third kappa shape index (κ3) is 2.71. The fraction of sp³-hybridized carbons (Fsp3) is 0.250. The van der Waals surface area contributed by atoms with Crippen LogP contribution in [0.2, 0.25) is 0 Å². The van der Waals surface area contributed by atoms with Crippen LogP contribution in [0, 0.1) is 6.92 Å². The fourth-order valence-corrected chi connectivity index (χ4v) is 2.26. The van der Waals surface area contributed by atoms with Crippen LogP contribution in [0.4, 0.5) is 0 Å². The second-order valence-electron chi connectivity index (χ2n) is 4.42. The molecule has 0 aromatic heterocycles. The van der Waals surface area contributed by atoms with Crippen molar-refractivity contribution in [3.05, 3.63) is 47.5 Å². The van der Waals surface area contributed by atoms with Crippen molar-refractivity contribution in [1.82, 2.24) is 0 Å². The molecule has 0 fully saturated rings. The maximum Gasteiger partial charge on any atom is 0.126 e. The molecule has 0 aliphatic heterocycles. The Morgan fingerprint density at radius 2 is 1.79 bits per heavy atom. The quantitative estimate of drug-likeness (QED) is 0.915. The van der Waals surface area contributed by atoms with E-state index < -0.39 is 0 Å². The van der Waals surface area contributed by atoms with Crippen LogP contribution < -0.4 is 15.2 Å². The SMILES string of the molecule is COc1cccc(-c2cc(C)c(OC)c(CN)c2)c1. The molecule has 0 unspecified atom stereocenters. The summed E-state index contributed by atoms with van der Waals surface area (Å²) in [4.78, 5) is 0. The first-order valence-electron chi connectivity index (χ1n) is 6.21. The molecule has 0 aliphatic carbocycles. The minimum absolute atomic E-state index is 0.460. The Bertz CT molecular complexity index is 579. The average molecular weight is 257 g/mol. The normalized spacial score (nSPS) is 10.3. The van der Waals surface area contributed by atoms with Gasteiger partial charge in [-0.25, -0.2) is 0 Å². The summed E-state index contributed by atoms with van der Waals surface area (Å²) in [6, 6.07) is 12.2. The number of benzene rings is 2. The molecule has 0 bridgehead atoms. The lowest BCUT2D eigenvalue weighted by atomic mass is 9.99. The van der Waals surface area contributed by atoms with E-state index in [1.165, 1.54) is 0 Å². The van der Waals surface area contributed by atoms with E-state index in [4.69, 9.17) is 15.2 Å². The Balaban J connectivity index is 2.53. The van der Waals surface area contributed by atoms with Crippen molar-refractivity contribution in [3.8, 4) is 22.6 Å². The van der Waals surface area contributed by atoms with Crippen molar-refractivity contribution >= 4 is 0 Å². The number of methoxy groups -OCH3 is 2. The Hall–Kier alpha value is -2.00. The first-order chi connectivity index (χ1) is 9.19. The Morgan fingerprint density at radius 3 is 2.42 bits per heavy atom. The standard InChI is InChI=1S/C16H19NO2/c1-11-7-13(8-14(10-17)16(11)19-3)12-5-4-6-15(9-12)18-2/h4-9H,10,17H2,1-3H3. The predicted molar refractivity (Wildman–Crippen MR) is 77.6 cm³/mol. The van der Waals surface area contributed by atoms with Crippen LogP contribution in [0.3, 0.4) is 0 Å². The van der Waals surface area contributed by atoms with Crippen molar-refractivity contribution in [1.29, 1.82) is 0 Å². The molecule has 3 heteroatoms. The number of nitrogens with two attached hydrogens (primary N) is 1. The van der Waals surface area contributed by atoms with Gasteiger partial charge in [-0.2, -0.15) is 0 Å². The highest BCUT2D eigenvalue weighted by Crippen LogP contribution is 2.31. The molecule has 100 valence electrons. The van der Waals surface area contributed by atoms with E-state index in [9.17, 15) is 0 Å². The predicted octanol–water partition coefficient (Wildman–Crippen LogP) is 3.14. The van der Waals surface area contributed by atoms with Gasteiger partial charge in [0, 0.05) is 12.1 Å². The second-order valence-corrected chi connectivity index (χ2v) is 4.42. The first-order valence-corrected chi connectivity index (χ1v) is 6.21. The van der Waals surface area contributed by atoms with Crippen molar-refractivity contribution < 1.29 is 9.47 Å². The van der Waals surface area contributed by atoms with Gasteiger partial charge in [0.1, 0.15) is 11.5 Å². The van der Waals surface area contributed by atoms with Gasteiger partial charge in [0.25, 0.3) is 0 Å². The summed E-state index contributed by atoms with van der Waals surface area (Å²) in [5, 5.41) is 0. The molecule has 0 saturated carbocycles. The monoisotopic (exact) mass is 257 g/mol. The molecule has 2 N–H and O–H groups in total. The zero-order chi connectivity index (χ0) is 13.8. The number of rotatable bonds is 4. The second kappa shape index (κ2) is 5.76.